The van der Waals surface area contributed by atoms with Gasteiger partial charge < -0.3 is 15.0 Å². The minimum Gasteiger partial charge on any atom is -0.394 e. The van der Waals surface area contributed by atoms with E-state index in [2.05, 4.69) is 34.1 Å². The number of anilines is 1. The topological polar surface area (TPSA) is 57.2 Å². The molecule has 5 heteroatoms. The highest BCUT2D eigenvalue weighted by Gasteiger charge is 2.20. The fourth-order valence-electron chi connectivity index (χ4n) is 2.54. The highest BCUT2D eigenvalue weighted by molar-refractivity contribution is 9.10. The Hall–Kier alpha value is -1.59. The van der Waals surface area contributed by atoms with Crippen LogP contribution in [0.5, 0.6) is 0 Å². The van der Waals surface area contributed by atoms with E-state index < -0.39 is 0 Å². The molecule has 0 spiro atoms. The normalized spacial score (nSPS) is 17.8. The molecule has 0 amide bonds. The van der Waals surface area contributed by atoms with Crippen molar-refractivity contribution in [2.24, 2.45) is 0 Å². The van der Waals surface area contributed by atoms with E-state index in [9.17, 15) is 4.79 Å². The zero-order valence-corrected chi connectivity index (χ0v) is 12.5. The van der Waals surface area contributed by atoms with Crippen LogP contribution in [-0.4, -0.2) is 11.2 Å². The number of ether oxygens (including phenoxy) is 1. The lowest BCUT2D eigenvalue weighted by Crippen LogP contribution is -2.22. The Kier molecular flexibility index (Phi) is 3.63. The molecule has 0 saturated heterocycles. The molecule has 104 valence electrons. The third-order valence-electron chi connectivity index (χ3n) is 3.53. The molecule has 1 aliphatic heterocycles. The van der Waals surface area contributed by atoms with Gasteiger partial charge in [0.2, 0.25) is 5.43 Å². The molecule has 0 aliphatic carbocycles. The molecule has 2 N–H and O–H groups in total. The first-order valence-corrected chi connectivity index (χ1v) is 7.29. The first-order chi connectivity index (χ1) is 9.65. The van der Waals surface area contributed by atoms with Crippen molar-refractivity contribution < 1.29 is 4.74 Å². The molecular weight excluding hydrogens is 320 g/mol. The van der Waals surface area contributed by atoms with E-state index in [-0.39, 0.29) is 17.2 Å². The number of benzene rings is 1. The van der Waals surface area contributed by atoms with Gasteiger partial charge in [-0.05, 0) is 33.5 Å². The maximum absolute atomic E-state index is 11.6. The van der Waals surface area contributed by atoms with Gasteiger partial charge >= 0.3 is 0 Å². The van der Waals surface area contributed by atoms with Gasteiger partial charge in [-0.1, -0.05) is 24.3 Å². The second-order valence-electron chi connectivity index (χ2n) is 4.90. The maximum atomic E-state index is 11.6. The number of fused-ring (bicyclic) bond motifs is 1. The van der Waals surface area contributed by atoms with Crippen LogP contribution in [0.1, 0.15) is 17.2 Å². The van der Waals surface area contributed by atoms with Gasteiger partial charge in [0.15, 0.2) is 0 Å². The molecule has 1 aromatic heterocycles. The van der Waals surface area contributed by atoms with Crippen LogP contribution in [0.15, 0.2) is 45.9 Å². The molecule has 0 radical (unpaired) electrons. The van der Waals surface area contributed by atoms with Gasteiger partial charge in [-0.2, -0.15) is 0 Å². The summed E-state index contributed by atoms with van der Waals surface area (Å²) in [5.41, 5.74) is 8.33. The molecule has 3 rings (SSSR count). The first kappa shape index (κ1) is 13.4. The number of nitrogens with two attached hydrogens (primary N) is 1. The summed E-state index contributed by atoms with van der Waals surface area (Å²) >= 11 is 3.24. The molecular formula is C15H15BrN2O2. The molecule has 1 aliphatic rings. The van der Waals surface area contributed by atoms with Crippen molar-refractivity contribution in [1.29, 1.82) is 0 Å². The number of pyridine rings is 1. The number of nitrogens with zero attached hydrogens (tertiary/aromatic N) is 1. The molecule has 20 heavy (non-hydrogen) atoms. The van der Waals surface area contributed by atoms with Gasteiger partial charge in [0, 0.05) is 12.4 Å². The van der Waals surface area contributed by atoms with Crippen molar-refractivity contribution in [1.82, 2.24) is 4.57 Å². The third-order valence-corrected chi connectivity index (χ3v) is 4.10. The van der Waals surface area contributed by atoms with Gasteiger partial charge in [0.05, 0.1) is 23.3 Å². The summed E-state index contributed by atoms with van der Waals surface area (Å²) in [4.78, 5) is 11.6. The van der Waals surface area contributed by atoms with Crippen LogP contribution >= 0.6 is 15.9 Å². The number of hydrogen-bond donors (Lipinski definition) is 1. The van der Waals surface area contributed by atoms with Crippen molar-refractivity contribution in [2.75, 3.05) is 12.3 Å². The predicted octanol–water partition coefficient (Wildman–Crippen LogP) is 2.51. The Morgan fingerprint density at radius 2 is 2.15 bits per heavy atom. The first-order valence-electron chi connectivity index (χ1n) is 6.49. The Morgan fingerprint density at radius 1 is 1.35 bits per heavy atom. The van der Waals surface area contributed by atoms with Gasteiger partial charge in [-0.3, -0.25) is 4.79 Å². The van der Waals surface area contributed by atoms with Crippen LogP contribution in [0.25, 0.3) is 0 Å². The lowest BCUT2D eigenvalue weighted by Gasteiger charge is -2.27. The molecule has 1 aromatic carbocycles. The number of nitrogen functional groups attached to an aromatic ring is 1. The Morgan fingerprint density at radius 3 is 2.95 bits per heavy atom. The summed E-state index contributed by atoms with van der Waals surface area (Å²) in [6.45, 7) is 1.36. The van der Waals surface area contributed by atoms with E-state index in [1.165, 1.54) is 11.1 Å². The monoisotopic (exact) mass is 334 g/mol. The minimum absolute atomic E-state index is 0.00579. The molecule has 1 unspecified atom stereocenters. The van der Waals surface area contributed by atoms with Gasteiger partial charge in [-0.15, -0.1) is 0 Å². The highest BCUT2D eigenvalue weighted by Crippen LogP contribution is 2.28. The van der Waals surface area contributed by atoms with E-state index in [1.54, 1.807) is 12.4 Å². The van der Waals surface area contributed by atoms with Crippen molar-refractivity contribution in [3.63, 3.8) is 0 Å². The van der Waals surface area contributed by atoms with Crippen molar-refractivity contribution >= 4 is 21.6 Å². The summed E-state index contributed by atoms with van der Waals surface area (Å²) < 4.78 is 8.23. The lowest BCUT2D eigenvalue weighted by molar-refractivity contribution is 0.0305. The summed E-state index contributed by atoms with van der Waals surface area (Å²) in [5, 5.41) is 0. The molecule has 1 atom stereocenters. The molecule has 0 fully saturated rings. The molecule has 0 bridgehead atoms. The molecule has 0 saturated carbocycles. The molecule has 2 aromatic rings. The molecule has 2 heterocycles. The quantitative estimate of drug-likeness (QED) is 0.917. The van der Waals surface area contributed by atoms with Crippen molar-refractivity contribution in [3.05, 3.63) is 62.5 Å². The van der Waals surface area contributed by atoms with Crippen LogP contribution in [0.2, 0.25) is 0 Å². The second-order valence-corrected chi connectivity index (χ2v) is 5.75. The van der Waals surface area contributed by atoms with Gasteiger partial charge in [-0.25, -0.2) is 0 Å². The average molecular weight is 335 g/mol. The zero-order valence-electron chi connectivity index (χ0n) is 10.9. The average Bonchev–Trinajstić information content (AvgIpc) is 2.45. The third kappa shape index (κ3) is 2.51. The van der Waals surface area contributed by atoms with Crippen LogP contribution in [0, 0.1) is 0 Å². The van der Waals surface area contributed by atoms with Crippen molar-refractivity contribution in [3.8, 4) is 0 Å². The van der Waals surface area contributed by atoms with E-state index >= 15 is 0 Å². The highest BCUT2D eigenvalue weighted by atomic mass is 79.9. The second kappa shape index (κ2) is 5.42. The smallest absolute Gasteiger partial charge is 0.218 e. The van der Waals surface area contributed by atoms with E-state index in [0.29, 0.717) is 11.0 Å². The predicted molar refractivity (Wildman–Crippen MR) is 81.7 cm³/mol. The van der Waals surface area contributed by atoms with Crippen LogP contribution in [-0.2, 0) is 17.7 Å². The SMILES string of the molecule is Nc1cn(CC2OCCc3ccccc32)cc(Br)c1=O. The van der Waals surface area contributed by atoms with Crippen molar-refractivity contribution in [2.45, 2.75) is 19.1 Å². The fourth-order valence-corrected chi connectivity index (χ4v) is 3.03. The molecule has 4 nitrogen and oxygen atoms in total. The lowest BCUT2D eigenvalue weighted by atomic mass is 9.97. The Bertz CT molecular complexity index is 670. The maximum Gasteiger partial charge on any atom is 0.218 e. The van der Waals surface area contributed by atoms with E-state index in [0.717, 1.165) is 13.0 Å². The van der Waals surface area contributed by atoms with Gasteiger partial charge in [0.25, 0.3) is 0 Å². The van der Waals surface area contributed by atoms with Crippen LogP contribution < -0.4 is 11.2 Å². The number of aromatic nitrogens is 1. The number of rotatable bonds is 2. The zero-order chi connectivity index (χ0) is 14.1. The van der Waals surface area contributed by atoms with E-state index in [4.69, 9.17) is 10.5 Å². The van der Waals surface area contributed by atoms with Crippen LogP contribution in [0.4, 0.5) is 5.69 Å². The Labute approximate surface area is 125 Å². The standard InChI is InChI=1S/C15H15BrN2O2/c16-12-7-18(8-13(17)15(12)19)9-14-11-4-2-1-3-10(11)5-6-20-14/h1-4,7-8,14H,5-6,9,17H2. The van der Waals surface area contributed by atoms with E-state index in [1.807, 2.05) is 10.6 Å². The number of halogens is 1. The van der Waals surface area contributed by atoms with Gasteiger partial charge in [0.1, 0.15) is 6.10 Å². The number of hydrogen-bond acceptors (Lipinski definition) is 3. The summed E-state index contributed by atoms with van der Waals surface area (Å²) in [6.07, 6.45) is 4.35. The summed E-state index contributed by atoms with van der Waals surface area (Å²) in [6, 6.07) is 8.31. The minimum atomic E-state index is -0.175. The van der Waals surface area contributed by atoms with Crippen LogP contribution in [0.3, 0.4) is 0 Å². The fraction of sp³-hybridized carbons (Fsp3) is 0.267. The summed E-state index contributed by atoms with van der Waals surface area (Å²) in [5.74, 6) is 0. The Balaban J connectivity index is 1.91. The largest absolute Gasteiger partial charge is 0.394 e. The summed E-state index contributed by atoms with van der Waals surface area (Å²) in [7, 11) is 0.